The quantitative estimate of drug-likeness (QED) is 0.419. The molecule has 0 amide bonds. The zero-order valence-corrected chi connectivity index (χ0v) is 18.5. The smallest absolute Gasteiger partial charge is 0.244 e. The molecule has 0 saturated carbocycles. The number of benzene rings is 1. The Bertz CT molecular complexity index is 1370. The lowest BCUT2D eigenvalue weighted by Gasteiger charge is -2.35. The minimum Gasteiger partial charge on any atom is -0.365 e. The second-order valence-electron chi connectivity index (χ2n) is 8.38. The first-order valence-electron chi connectivity index (χ1n) is 11.1. The largest absolute Gasteiger partial charge is 0.365 e. The molecule has 1 fully saturated rings. The Balaban J connectivity index is 1.14. The molecule has 9 nitrogen and oxygen atoms in total. The average Bonchev–Trinajstić information content (AvgIpc) is 3.59. The van der Waals surface area contributed by atoms with Crippen LogP contribution in [0.2, 0.25) is 0 Å². The summed E-state index contributed by atoms with van der Waals surface area (Å²) in [5.74, 6) is 0.798. The van der Waals surface area contributed by atoms with E-state index in [0.29, 0.717) is 0 Å². The number of rotatable bonds is 5. The van der Waals surface area contributed by atoms with Crippen molar-refractivity contribution in [3.8, 4) is 11.1 Å². The molecule has 5 aromatic rings. The molecule has 0 spiro atoms. The van der Waals surface area contributed by atoms with Crippen molar-refractivity contribution in [3.05, 3.63) is 79.1 Å². The van der Waals surface area contributed by atoms with Gasteiger partial charge in [-0.1, -0.05) is 36.4 Å². The third-order valence-electron chi connectivity index (χ3n) is 6.15. The van der Waals surface area contributed by atoms with Crippen LogP contribution >= 0.6 is 0 Å². The highest BCUT2D eigenvalue weighted by molar-refractivity contribution is 5.75. The summed E-state index contributed by atoms with van der Waals surface area (Å²) in [6, 6.07) is 14.6. The van der Waals surface area contributed by atoms with Gasteiger partial charge in [0, 0.05) is 56.7 Å². The minimum atomic E-state index is 0.733. The van der Waals surface area contributed by atoms with Crippen molar-refractivity contribution in [1.29, 1.82) is 0 Å². The molecule has 0 aliphatic carbocycles. The SMILES string of the molecule is Cn1cc(-c2ccc3c(N4CCN(c5ncn(Cc6ccccc6)n5)CC4)cnn3c2)cn1. The molecule has 0 unspecified atom stereocenters. The number of hydrogen-bond donors (Lipinski definition) is 0. The number of pyridine rings is 1. The van der Waals surface area contributed by atoms with Crippen LogP contribution in [0.5, 0.6) is 0 Å². The van der Waals surface area contributed by atoms with Gasteiger partial charge in [0.1, 0.15) is 6.33 Å². The van der Waals surface area contributed by atoms with Crippen molar-refractivity contribution in [3.63, 3.8) is 0 Å². The van der Waals surface area contributed by atoms with Gasteiger partial charge in [0.2, 0.25) is 5.95 Å². The second kappa shape index (κ2) is 8.09. The standard InChI is InChI=1S/C24H25N9/c1-29-16-21(13-26-29)20-7-8-22-23(14-27-33(22)17-20)30-9-11-31(12-10-30)24-25-18-32(28-24)15-19-5-3-2-4-6-19/h2-8,13-14,16-18H,9-12,15H2,1H3. The van der Waals surface area contributed by atoms with Gasteiger partial charge in [-0.05, 0) is 11.6 Å². The summed E-state index contributed by atoms with van der Waals surface area (Å²) in [5, 5.41) is 13.6. The third kappa shape index (κ3) is 3.82. The third-order valence-corrected chi connectivity index (χ3v) is 6.15. The maximum absolute atomic E-state index is 4.70. The summed E-state index contributed by atoms with van der Waals surface area (Å²) in [7, 11) is 1.93. The van der Waals surface area contributed by atoms with Gasteiger partial charge in [0.05, 0.1) is 30.1 Å². The van der Waals surface area contributed by atoms with E-state index < -0.39 is 0 Å². The lowest BCUT2D eigenvalue weighted by molar-refractivity contribution is 0.628. The molecule has 4 aromatic heterocycles. The zero-order valence-electron chi connectivity index (χ0n) is 18.5. The molecule has 0 atom stereocenters. The monoisotopic (exact) mass is 439 g/mol. The van der Waals surface area contributed by atoms with Crippen LogP contribution < -0.4 is 9.80 Å². The number of fused-ring (bicyclic) bond motifs is 1. The van der Waals surface area contributed by atoms with Crippen molar-refractivity contribution >= 4 is 17.2 Å². The molecule has 166 valence electrons. The summed E-state index contributed by atoms with van der Waals surface area (Å²) in [6.45, 7) is 4.29. The van der Waals surface area contributed by atoms with E-state index in [1.807, 2.05) is 64.0 Å². The van der Waals surface area contributed by atoms with Crippen LogP contribution in [0.25, 0.3) is 16.6 Å². The minimum absolute atomic E-state index is 0.733. The molecule has 1 aliphatic heterocycles. The number of aryl methyl sites for hydroxylation is 1. The van der Waals surface area contributed by atoms with E-state index in [0.717, 1.165) is 61.0 Å². The first-order valence-corrected chi connectivity index (χ1v) is 11.1. The Labute approximate surface area is 191 Å². The van der Waals surface area contributed by atoms with Gasteiger partial charge in [0.15, 0.2) is 0 Å². The number of nitrogens with zero attached hydrogens (tertiary/aromatic N) is 9. The fraction of sp³-hybridized carbons (Fsp3) is 0.250. The van der Waals surface area contributed by atoms with Gasteiger partial charge in [-0.3, -0.25) is 4.68 Å². The van der Waals surface area contributed by atoms with E-state index in [1.165, 1.54) is 5.56 Å². The van der Waals surface area contributed by atoms with Crippen LogP contribution in [-0.4, -0.2) is 60.3 Å². The zero-order chi connectivity index (χ0) is 22.2. The normalized spacial score (nSPS) is 14.3. The number of aromatic nitrogens is 7. The van der Waals surface area contributed by atoms with Crippen LogP contribution in [0, 0.1) is 0 Å². The lowest BCUT2D eigenvalue weighted by atomic mass is 10.1. The molecule has 9 heteroatoms. The molecule has 1 saturated heterocycles. The van der Waals surface area contributed by atoms with Crippen molar-refractivity contribution in [2.24, 2.45) is 7.05 Å². The number of hydrogen-bond acceptors (Lipinski definition) is 6. The fourth-order valence-corrected chi connectivity index (χ4v) is 4.38. The molecule has 0 radical (unpaired) electrons. The highest BCUT2D eigenvalue weighted by atomic mass is 15.4. The Morgan fingerprint density at radius 3 is 2.42 bits per heavy atom. The molecule has 1 aromatic carbocycles. The van der Waals surface area contributed by atoms with Gasteiger partial charge in [-0.25, -0.2) is 14.2 Å². The number of piperazine rings is 1. The predicted molar refractivity (Wildman–Crippen MR) is 127 cm³/mol. The average molecular weight is 440 g/mol. The molecule has 6 rings (SSSR count). The van der Waals surface area contributed by atoms with Gasteiger partial charge in [-0.15, -0.1) is 5.10 Å². The summed E-state index contributed by atoms with van der Waals surface area (Å²) in [6.07, 6.45) is 9.74. The maximum Gasteiger partial charge on any atom is 0.244 e. The van der Waals surface area contributed by atoms with Crippen molar-refractivity contribution in [1.82, 2.24) is 34.2 Å². The van der Waals surface area contributed by atoms with Crippen LogP contribution in [0.4, 0.5) is 11.6 Å². The van der Waals surface area contributed by atoms with Crippen molar-refractivity contribution < 1.29 is 0 Å². The van der Waals surface area contributed by atoms with Gasteiger partial charge >= 0.3 is 0 Å². The van der Waals surface area contributed by atoms with E-state index >= 15 is 0 Å². The Morgan fingerprint density at radius 2 is 1.64 bits per heavy atom. The van der Waals surface area contributed by atoms with E-state index in [2.05, 4.69) is 55.4 Å². The first-order chi connectivity index (χ1) is 16.2. The summed E-state index contributed by atoms with van der Waals surface area (Å²) in [4.78, 5) is 9.20. The van der Waals surface area contributed by atoms with Crippen molar-refractivity contribution in [2.75, 3.05) is 36.0 Å². The molecule has 0 bridgehead atoms. The van der Waals surface area contributed by atoms with E-state index in [-0.39, 0.29) is 0 Å². The summed E-state index contributed by atoms with van der Waals surface area (Å²) in [5.41, 5.74) is 5.69. The van der Waals surface area contributed by atoms with E-state index in [9.17, 15) is 0 Å². The Morgan fingerprint density at radius 1 is 0.818 bits per heavy atom. The van der Waals surface area contributed by atoms with Crippen LogP contribution in [0.3, 0.4) is 0 Å². The fourth-order valence-electron chi connectivity index (χ4n) is 4.38. The van der Waals surface area contributed by atoms with Crippen LogP contribution in [0.15, 0.2) is 73.6 Å². The van der Waals surface area contributed by atoms with Crippen LogP contribution in [-0.2, 0) is 13.6 Å². The van der Waals surface area contributed by atoms with Crippen molar-refractivity contribution in [2.45, 2.75) is 6.54 Å². The molecule has 0 N–H and O–H groups in total. The lowest BCUT2D eigenvalue weighted by Crippen LogP contribution is -2.47. The topological polar surface area (TPSA) is 72.3 Å². The molecule has 5 heterocycles. The van der Waals surface area contributed by atoms with Gasteiger partial charge in [0.25, 0.3) is 0 Å². The summed E-state index contributed by atoms with van der Waals surface area (Å²) < 4.78 is 5.67. The molecular weight excluding hydrogens is 414 g/mol. The van der Waals surface area contributed by atoms with E-state index in [1.54, 1.807) is 0 Å². The first kappa shape index (κ1) is 19.5. The maximum atomic E-state index is 4.70. The van der Waals surface area contributed by atoms with Gasteiger partial charge in [-0.2, -0.15) is 10.2 Å². The van der Waals surface area contributed by atoms with Gasteiger partial charge < -0.3 is 9.80 Å². The molecular formula is C24H25N9. The highest BCUT2D eigenvalue weighted by Gasteiger charge is 2.22. The Kier molecular flexibility index (Phi) is 4.79. The Hall–Kier alpha value is -4.14. The molecule has 1 aliphatic rings. The highest BCUT2D eigenvalue weighted by Crippen LogP contribution is 2.26. The predicted octanol–water partition coefficient (Wildman–Crippen LogP) is 2.70. The molecule has 33 heavy (non-hydrogen) atoms. The van der Waals surface area contributed by atoms with Crippen LogP contribution in [0.1, 0.15) is 5.56 Å². The second-order valence-corrected chi connectivity index (χ2v) is 8.38. The summed E-state index contributed by atoms with van der Waals surface area (Å²) >= 11 is 0. The number of anilines is 2. The van der Waals surface area contributed by atoms with E-state index in [4.69, 9.17) is 5.10 Å².